The van der Waals surface area contributed by atoms with Crippen LogP contribution in [0.25, 0.3) is 5.57 Å². The van der Waals surface area contributed by atoms with Gasteiger partial charge in [-0.05, 0) is 60.3 Å². The van der Waals surface area contributed by atoms with E-state index in [1.165, 1.54) is 16.7 Å². The van der Waals surface area contributed by atoms with E-state index in [4.69, 9.17) is 17.3 Å². The minimum absolute atomic E-state index is 0.0197. The van der Waals surface area contributed by atoms with Gasteiger partial charge in [0.15, 0.2) is 5.11 Å². The molecule has 3 nitrogen and oxygen atoms in total. The van der Waals surface area contributed by atoms with Crippen molar-refractivity contribution in [3.8, 4) is 0 Å². The van der Waals surface area contributed by atoms with Crippen molar-refractivity contribution in [3.63, 3.8) is 0 Å². The Hall–Kier alpha value is -2.17. The Balaban J connectivity index is 2.24. The van der Waals surface area contributed by atoms with Crippen LogP contribution in [0.1, 0.15) is 34.7 Å². The molecule has 132 valence electrons. The van der Waals surface area contributed by atoms with E-state index < -0.39 is 0 Å². The van der Waals surface area contributed by atoms with Crippen LogP contribution in [0.4, 0.5) is 0 Å². The number of rotatable bonds is 7. The molecule has 0 heterocycles. The molecule has 25 heavy (non-hydrogen) atoms. The highest BCUT2D eigenvalue weighted by Crippen LogP contribution is 2.29. The number of nitrogens with one attached hydrogen (secondary N) is 2. The van der Waals surface area contributed by atoms with E-state index in [-0.39, 0.29) is 12.6 Å². The van der Waals surface area contributed by atoms with Gasteiger partial charge in [0.05, 0.1) is 12.6 Å². The molecule has 1 atom stereocenters. The molecular formula is C21H26N2OS. The van der Waals surface area contributed by atoms with Crippen LogP contribution in [0.3, 0.4) is 0 Å². The van der Waals surface area contributed by atoms with Gasteiger partial charge in [-0.15, -0.1) is 0 Å². The normalized spacial score (nSPS) is 11.6. The molecule has 0 saturated heterocycles. The van der Waals surface area contributed by atoms with Crippen LogP contribution in [0.15, 0.2) is 55.1 Å². The van der Waals surface area contributed by atoms with Crippen LogP contribution in [0, 0.1) is 13.8 Å². The number of hydrogen-bond donors (Lipinski definition) is 3. The quantitative estimate of drug-likeness (QED) is 0.660. The SMILES string of the molecule is C=C(CC(NC(=S)NCCO)c1cccc(C)c1C)c1ccccc1. The molecule has 3 N–H and O–H groups in total. The highest BCUT2D eigenvalue weighted by Gasteiger charge is 2.17. The smallest absolute Gasteiger partial charge is 0.166 e. The summed E-state index contributed by atoms with van der Waals surface area (Å²) in [6.45, 7) is 9.00. The Morgan fingerprint density at radius 1 is 1.12 bits per heavy atom. The summed E-state index contributed by atoms with van der Waals surface area (Å²) in [6.07, 6.45) is 0.745. The molecule has 0 spiro atoms. The highest BCUT2D eigenvalue weighted by atomic mass is 32.1. The van der Waals surface area contributed by atoms with Crippen molar-refractivity contribution >= 4 is 22.9 Å². The monoisotopic (exact) mass is 354 g/mol. The van der Waals surface area contributed by atoms with E-state index in [1.54, 1.807) is 0 Å². The summed E-state index contributed by atoms with van der Waals surface area (Å²) in [5.74, 6) is 0. The zero-order valence-corrected chi connectivity index (χ0v) is 15.7. The van der Waals surface area contributed by atoms with Crippen LogP contribution in [0.2, 0.25) is 0 Å². The number of hydrogen-bond acceptors (Lipinski definition) is 2. The fourth-order valence-electron chi connectivity index (χ4n) is 2.81. The molecule has 0 amide bonds. The minimum Gasteiger partial charge on any atom is -0.395 e. The molecule has 0 aliphatic rings. The third kappa shape index (κ3) is 5.41. The Labute approximate surface area is 155 Å². The summed E-state index contributed by atoms with van der Waals surface area (Å²) in [7, 11) is 0. The lowest BCUT2D eigenvalue weighted by Gasteiger charge is -2.24. The summed E-state index contributed by atoms with van der Waals surface area (Å²) in [4.78, 5) is 0. The molecule has 0 aliphatic heterocycles. The second-order valence-corrected chi connectivity index (χ2v) is 6.55. The Morgan fingerprint density at radius 3 is 2.52 bits per heavy atom. The molecular weight excluding hydrogens is 328 g/mol. The average Bonchev–Trinajstić information content (AvgIpc) is 2.62. The molecule has 0 fully saturated rings. The Bertz CT molecular complexity index is 728. The first-order chi connectivity index (χ1) is 12.0. The predicted octanol–water partition coefficient (Wildman–Crippen LogP) is 3.90. The van der Waals surface area contributed by atoms with Gasteiger partial charge in [0.1, 0.15) is 0 Å². The van der Waals surface area contributed by atoms with Crippen molar-refractivity contribution in [3.05, 3.63) is 77.4 Å². The lowest BCUT2D eigenvalue weighted by molar-refractivity contribution is 0.300. The van der Waals surface area contributed by atoms with E-state index in [0.717, 1.165) is 17.6 Å². The lowest BCUT2D eigenvalue weighted by atomic mass is 9.91. The molecule has 0 aliphatic carbocycles. The van der Waals surface area contributed by atoms with Gasteiger partial charge >= 0.3 is 0 Å². The van der Waals surface area contributed by atoms with Crippen molar-refractivity contribution in [2.45, 2.75) is 26.3 Å². The third-order valence-electron chi connectivity index (χ3n) is 4.36. The molecule has 0 radical (unpaired) electrons. The number of aliphatic hydroxyl groups excluding tert-OH is 1. The fourth-order valence-corrected chi connectivity index (χ4v) is 3.05. The predicted molar refractivity (Wildman–Crippen MR) is 110 cm³/mol. The Morgan fingerprint density at radius 2 is 1.84 bits per heavy atom. The zero-order valence-electron chi connectivity index (χ0n) is 14.9. The number of aryl methyl sites for hydroxylation is 1. The minimum atomic E-state index is 0.0197. The third-order valence-corrected chi connectivity index (χ3v) is 4.62. The van der Waals surface area contributed by atoms with Crippen LogP contribution in [-0.4, -0.2) is 23.4 Å². The topological polar surface area (TPSA) is 44.3 Å². The Kier molecular flexibility index (Phi) is 7.16. The summed E-state index contributed by atoms with van der Waals surface area (Å²) in [5.41, 5.74) is 5.91. The van der Waals surface area contributed by atoms with Crippen molar-refractivity contribution in [1.29, 1.82) is 0 Å². The molecule has 2 rings (SSSR count). The fraction of sp³-hybridized carbons (Fsp3) is 0.286. The summed E-state index contributed by atoms with van der Waals surface area (Å²) in [5, 5.41) is 15.9. The highest BCUT2D eigenvalue weighted by molar-refractivity contribution is 7.80. The average molecular weight is 355 g/mol. The molecule has 0 saturated carbocycles. The molecule has 4 heteroatoms. The first-order valence-electron chi connectivity index (χ1n) is 8.47. The maximum Gasteiger partial charge on any atom is 0.166 e. The number of thiocarbonyl (C=S) groups is 1. The first-order valence-corrected chi connectivity index (χ1v) is 8.88. The number of aliphatic hydroxyl groups is 1. The van der Waals surface area contributed by atoms with Crippen molar-refractivity contribution in [2.75, 3.05) is 13.2 Å². The van der Waals surface area contributed by atoms with E-state index in [0.29, 0.717) is 11.7 Å². The van der Waals surface area contributed by atoms with Gasteiger partial charge in [0.2, 0.25) is 0 Å². The van der Waals surface area contributed by atoms with Gasteiger partial charge < -0.3 is 15.7 Å². The van der Waals surface area contributed by atoms with Gasteiger partial charge in [-0.1, -0.05) is 55.1 Å². The van der Waals surface area contributed by atoms with Gasteiger partial charge in [0, 0.05) is 6.54 Å². The summed E-state index contributed by atoms with van der Waals surface area (Å²) >= 11 is 5.38. The maximum atomic E-state index is 8.98. The van der Waals surface area contributed by atoms with Crippen molar-refractivity contribution in [2.24, 2.45) is 0 Å². The first kappa shape index (κ1) is 19.2. The van der Waals surface area contributed by atoms with Crippen LogP contribution in [0.5, 0.6) is 0 Å². The van der Waals surface area contributed by atoms with Gasteiger partial charge in [-0.2, -0.15) is 0 Å². The maximum absolute atomic E-state index is 8.98. The second-order valence-electron chi connectivity index (χ2n) is 6.14. The van der Waals surface area contributed by atoms with Crippen LogP contribution >= 0.6 is 12.2 Å². The van der Waals surface area contributed by atoms with Crippen LogP contribution in [-0.2, 0) is 0 Å². The summed E-state index contributed by atoms with van der Waals surface area (Å²) < 4.78 is 0. The number of benzene rings is 2. The van der Waals surface area contributed by atoms with Crippen LogP contribution < -0.4 is 10.6 Å². The molecule has 0 aromatic heterocycles. The van der Waals surface area contributed by atoms with Gasteiger partial charge in [0.25, 0.3) is 0 Å². The zero-order chi connectivity index (χ0) is 18.2. The molecule has 2 aromatic carbocycles. The lowest BCUT2D eigenvalue weighted by Crippen LogP contribution is -2.39. The summed E-state index contributed by atoms with van der Waals surface area (Å²) in [6, 6.07) is 16.5. The molecule has 0 bridgehead atoms. The van der Waals surface area contributed by atoms with Gasteiger partial charge in [-0.3, -0.25) is 0 Å². The van der Waals surface area contributed by atoms with E-state index in [2.05, 4.69) is 61.4 Å². The standard InChI is InChI=1S/C21H26N2OS/c1-15-8-7-11-19(17(15)3)20(23-21(25)22-12-13-24)14-16(2)18-9-5-4-6-10-18/h4-11,20,24H,2,12-14H2,1,3H3,(H2,22,23,25). The largest absolute Gasteiger partial charge is 0.395 e. The van der Waals surface area contributed by atoms with Crippen molar-refractivity contribution in [1.82, 2.24) is 10.6 Å². The van der Waals surface area contributed by atoms with Crippen molar-refractivity contribution < 1.29 is 5.11 Å². The molecule has 1 unspecified atom stereocenters. The second kappa shape index (κ2) is 9.35. The van der Waals surface area contributed by atoms with Gasteiger partial charge in [-0.25, -0.2) is 0 Å². The van der Waals surface area contributed by atoms with E-state index in [1.807, 2.05) is 18.2 Å². The van der Waals surface area contributed by atoms with E-state index >= 15 is 0 Å². The van der Waals surface area contributed by atoms with E-state index in [9.17, 15) is 0 Å². The molecule has 2 aromatic rings.